The minimum absolute atomic E-state index is 0.0468. The molecule has 2 aromatic rings. The van der Waals surface area contributed by atoms with E-state index in [-0.39, 0.29) is 12.4 Å². The van der Waals surface area contributed by atoms with E-state index in [1.54, 1.807) is 12.1 Å². The van der Waals surface area contributed by atoms with E-state index >= 15 is 0 Å². The lowest BCUT2D eigenvalue weighted by atomic mass is 10.1. The van der Waals surface area contributed by atoms with E-state index in [4.69, 9.17) is 21.1 Å². The van der Waals surface area contributed by atoms with Gasteiger partial charge in [-0.25, -0.2) is 4.79 Å². The number of halogens is 4. The van der Waals surface area contributed by atoms with Crippen LogP contribution in [-0.2, 0) is 15.7 Å². The van der Waals surface area contributed by atoms with Crippen molar-refractivity contribution in [2.24, 2.45) is 0 Å². The number of rotatable bonds is 6. The molecule has 25 heavy (non-hydrogen) atoms. The molecular formula is C18H14ClF3O3. The molecule has 1 unspecified atom stereocenters. The van der Waals surface area contributed by atoms with Crippen molar-refractivity contribution in [1.29, 1.82) is 0 Å². The van der Waals surface area contributed by atoms with Crippen molar-refractivity contribution >= 4 is 17.6 Å². The average molecular weight is 371 g/mol. The fourth-order valence-electron chi connectivity index (χ4n) is 1.99. The highest BCUT2D eigenvalue weighted by molar-refractivity contribution is 6.30. The highest BCUT2D eigenvalue weighted by Gasteiger charge is 2.31. The standard InChI is InChI=1S/C18H14ClF3O3/c1-2-10-24-17(23)16(12-6-8-14(19)9-7-12)25-15-5-3-4-13(11-15)18(20,21)22/h2-9,11,16H,1,10H2. The van der Waals surface area contributed by atoms with Crippen LogP contribution in [0.2, 0.25) is 5.02 Å². The lowest BCUT2D eigenvalue weighted by molar-refractivity contribution is -0.151. The molecule has 0 fully saturated rings. The van der Waals surface area contributed by atoms with Crippen molar-refractivity contribution in [2.75, 3.05) is 6.61 Å². The van der Waals surface area contributed by atoms with Crippen LogP contribution in [0.1, 0.15) is 17.2 Å². The van der Waals surface area contributed by atoms with Crippen LogP contribution in [-0.4, -0.2) is 12.6 Å². The van der Waals surface area contributed by atoms with Gasteiger partial charge in [-0.3, -0.25) is 0 Å². The maximum atomic E-state index is 12.8. The Morgan fingerprint density at radius 1 is 1.20 bits per heavy atom. The number of ether oxygens (including phenoxy) is 2. The molecule has 132 valence electrons. The number of esters is 1. The van der Waals surface area contributed by atoms with Crippen molar-refractivity contribution in [2.45, 2.75) is 12.3 Å². The largest absolute Gasteiger partial charge is 0.474 e. The fraction of sp³-hybridized carbons (Fsp3) is 0.167. The smallest absolute Gasteiger partial charge is 0.416 e. The van der Waals surface area contributed by atoms with Gasteiger partial charge in [-0.2, -0.15) is 13.2 Å². The van der Waals surface area contributed by atoms with Gasteiger partial charge in [0, 0.05) is 10.6 Å². The SMILES string of the molecule is C=CCOC(=O)C(Oc1cccc(C(F)(F)F)c1)c1ccc(Cl)cc1. The van der Waals surface area contributed by atoms with Crippen molar-refractivity contribution in [1.82, 2.24) is 0 Å². The van der Waals surface area contributed by atoms with Crippen LogP contribution in [0.4, 0.5) is 13.2 Å². The summed E-state index contributed by atoms with van der Waals surface area (Å²) in [4.78, 5) is 12.2. The summed E-state index contributed by atoms with van der Waals surface area (Å²) in [5, 5.41) is 0.445. The zero-order valence-electron chi connectivity index (χ0n) is 12.9. The van der Waals surface area contributed by atoms with Crippen LogP contribution in [0, 0.1) is 0 Å². The molecule has 0 radical (unpaired) electrons. The fourth-order valence-corrected chi connectivity index (χ4v) is 2.11. The van der Waals surface area contributed by atoms with Crippen LogP contribution >= 0.6 is 11.6 Å². The van der Waals surface area contributed by atoms with Gasteiger partial charge < -0.3 is 9.47 Å². The Balaban J connectivity index is 2.31. The highest BCUT2D eigenvalue weighted by atomic mass is 35.5. The van der Waals surface area contributed by atoms with Gasteiger partial charge in [-0.15, -0.1) is 0 Å². The minimum Gasteiger partial charge on any atom is -0.474 e. The molecule has 2 rings (SSSR count). The van der Waals surface area contributed by atoms with Gasteiger partial charge in [-0.05, 0) is 30.3 Å². The summed E-state index contributed by atoms with van der Waals surface area (Å²) < 4.78 is 48.9. The van der Waals surface area contributed by atoms with Gasteiger partial charge in [0.15, 0.2) is 0 Å². The molecule has 0 aliphatic carbocycles. The first kappa shape index (κ1) is 18.9. The zero-order valence-corrected chi connectivity index (χ0v) is 13.7. The lowest BCUT2D eigenvalue weighted by Gasteiger charge is -2.19. The van der Waals surface area contributed by atoms with Gasteiger partial charge in [0.05, 0.1) is 5.56 Å². The summed E-state index contributed by atoms with van der Waals surface area (Å²) in [6.07, 6.45) is -4.37. The van der Waals surface area contributed by atoms with Crippen molar-refractivity contribution < 1.29 is 27.4 Å². The third-order valence-corrected chi connectivity index (χ3v) is 3.40. The number of carbonyl (C=O) groups is 1. The lowest BCUT2D eigenvalue weighted by Crippen LogP contribution is -2.21. The molecule has 0 saturated heterocycles. The Bertz CT molecular complexity index is 742. The van der Waals surface area contributed by atoms with E-state index in [2.05, 4.69) is 6.58 Å². The molecule has 2 aromatic carbocycles. The predicted molar refractivity (Wildman–Crippen MR) is 87.4 cm³/mol. The molecule has 1 atom stereocenters. The molecule has 0 amide bonds. The third kappa shape index (κ3) is 5.26. The van der Waals surface area contributed by atoms with Gasteiger partial charge >= 0.3 is 12.1 Å². The number of hydrogen-bond acceptors (Lipinski definition) is 3. The second kappa shape index (κ2) is 8.07. The van der Waals surface area contributed by atoms with E-state index < -0.39 is 23.8 Å². The second-order valence-electron chi connectivity index (χ2n) is 4.99. The number of carbonyl (C=O) groups excluding carboxylic acids is 1. The van der Waals surface area contributed by atoms with E-state index in [1.807, 2.05) is 0 Å². The summed E-state index contributed by atoms with van der Waals surface area (Å²) in [7, 11) is 0. The van der Waals surface area contributed by atoms with E-state index in [0.29, 0.717) is 10.6 Å². The molecule has 0 aliphatic heterocycles. The molecule has 0 bridgehead atoms. The van der Waals surface area contributed by atoms with Gasteiger partial charge in [-0.1, -0.05) is 42.5 Å². The molecule has 0 aliphatic rings. The van der Waals surface area contributed by atoms with Crippen LogP contribution < -0.4 is 4.74 Å². The molecule has 3 nitrogen and oxygen atoms in total. The highest BCUT2D eigenvalue weighted by Crippen LogP contribution is 2.33. The molecule has 0 spiro atoms. The minimum atomic E-state index is -4.52. The second-order valence-corrected chi connectivity index (χ2v) is 5.43. The summed E-state index contributed by atoms with van der Waals surface area (Å²) in [5.74, 6) is -0.857. The first-order valence-electron chi connectivity index (χ1n) is 7.18. The molecular weight excluding hydrogens is 357 g/mol. The van der Waals surface area contributed by atoms with E-state index in [0.717, 1.165) is 12.1 Å². The quantitative estimate of drug-likeness (QED) is 0.517. The maximum Gasteiger partial charge on any atom is 0.416 e. The molecule has 0 N–H and O–H groups in total. The Hall–Kier alpha value is -2.47. The Labute approximate surface area is 147 Å². The van der Waals surface area contributed by atoms with Crippen molar-refractivity contribution in [3.8, 4) is 5.75 Å². The maximum absolute atomic E-state index is 12.8. The van der Waals surface area contributed by atoms with Crippen LogP contribution in [0.3, 0.4) is 0 Å². The van der Waals surface area contributed by atoms with Crippen LogP contribution in [0.25, 0.3) is 0 Å². The monoisotopic (exact) mass is 370 g/mol. The third-order valence-electron chi connectivity index (χ3n) is 3.15. The number of hydrogen-bond donors (Lipinski definition) is 0. The first-order valence-corrected chi connectivity index (χ1v) is 7.56. The number of benzene rings is 2. The Morgan fingerprint density at radius 2 is 1.88 bits per heavy atom. The summed E-state index contributed by atoms with van der Waals surface area (Å²) in [5.41, 5.74) is -0.477. The molecule has 0 aromatic heterocycles. The Morgan fingerprint density at radius 3 is 2.48 bits per heavy atom. The van der Waals surface area contributed by atoms with Crippen LogP contribution in [0.15, 0.2) is 61.2 Å². The topological polar surface area (TPSA) is 35.5 Å². The van der Waals surface area contributed by atoms with Gasteiger partial charge in [0.25, 0.3) is 0 Å². The summed E-state index contributed by atoms with van der Waals surface area (Å²) >= 11 is 5.82. The van der Waals surface area contributed by atoms with Gasteiger partial charge in [0.2, 0.25) is 6.10 Å². The average Bonchev–Trinajstić information content (AvgIpc) is 2.58. The molecule has 0 heterocycles. The van der Waals surface area contributed by atoms with Crippen molar-refractivity contribution in [3.63, 3.8) is 0 Å². The van der Waals surface area contributed by atoms with E-state index in [1.165, 1.54) is 30.3 Å². The summed E-state index contributed by atoms with van der Waals surface area (Å²) in [6, 6.07) is 10.4. The zero-order chi connectivity index (χ0) is 18.4. The normalized spacial score (nSPS) is 12.3. The first-order chi connectivity index (χ1) is 11.8. The molecule has 0 saturated carbocycles. The molecule has 7 heteroatoms. The van der Waals surface area contributed by atoms with Crippen LogP contribution in [0.5, 0.6) is 5.75 Å². The van der Waals surface area contributed by atoms with Gasteiger partial charge in [0.1, 0.15) is 12.4 Å². The summed E-state index contributed by atoms with van der Waals surface area (Å²) in [6.45, 7) is 3.39. The number of alkyl halides is 3. The Kier molecular flexibility index (Phi) is 6.09. The van der Waals surface area contributed by atoms with E-state index in [9.17, 15) is 18.0 Å². The predicted octanol–water partition coefficient (Wildman–Crippen LogP) is 5.21. The van der Waals surface area contributed by atoms with Crippen molar-refractivity contribution in [3.05, 3.63) is 77.3 Å².